The zero-order valence-corrected chi connectivity index (χ0v) is 12.2. The quantitative estimate of drug-likeness (QED) is 0.796. The first-order valence-corrected chi connectivity index (χ1v) is 6.11. The normalized spacial score (nSPS) is 31.5. The highest BCUT2D eigenvalue weighted by Gasteiger charge is 2.41. The molecule has 2 unspecified atom stereocenters. The number of hydrogen-bond donors (Lipinski definition) is 1. The van der Waals surface area contributed by atoms with Gasteiger partial charge in [-0.2, -0.15) is 0 Å². The van der Waals surface area contributed by atoms with Gasteiger partial charge in [-0.25, -0.2) is 0 Å². The molecule has 1 aliphatic carbocycles. The SMILES string of the molecule is Br.CN1CCC2(C)CC1Cc1ccc(O)cc12. The number of phenolic OH excluding ortho intramolecular Hbond substituents is 1. The lowest BCUT2D eigenvalue weighted by Gasteiger charge is -2.48. The third-order valence-electron chi connectivity index (χ3n) is 4.53. The largest absolute Gasteiger partial charge is 0.508 e. The molecule has 1 N–H and O–H groups in total. The average molecular weight is 298 g/mol. The van der Waals surface area contributed by atoms with Crippen LogP contribution in [0.2, 0.25) is 0 Å². The second kappa shape index (κ2) is 4.29. The monoisotopic (exact) mass is 297 g/mol. The summed E-state index contributed by atoms with van der Waals surface area (Å²) in [5, 5.41) is 9.64. The summed E-state index contributed by atoms with van der Waals surface area (Å²) < 4.78 is 0. The fraction of sp³-hybridized carbons (Fsp3) is 0.571. The molecule has 2 nitrogen and oxygen atoms in total. The van der Waals surface area contributed by atoms with Crippen LogP contribution in [-0.2, 0) is 11.8 Å². The van der Waals surface area contributed by atoms with Crippen LogP contribution in [0.5, 0.6) is 5.75 Å². The number of rotatable bonds is 0. The molecule has 0 radical (unpaired) electrons. The van der Waals surface area contributed by atoms with E-state index in [9.17, 15) is 5.11 Å². The summed E-state index contributed by atoms with van der Waals surface area (Å²) in [4.78, 5) is 2.48. The smallest absolute Gasteiger partial charge is 0.115 e. The fourth-order valence-corrected chi connectivity index (χ4v) is 3.41. The molecule has 3 rings (SSSR count). The fourth-order valence-electron chi connectivity index (χ4n) is 3.41. The summed E-state index contributed by atoms with van der Waals surface area (Å²) in [6.45, 7) is 3.53. The Hall–Kier alpha value is -0.540. The first kappa shape index (κ1) is 12.9. The molecule has 1 heterocycles. The number of aromatic hydroxyl groups is 1. The molecular weight excluding hydrogens is 278 g/mol. The molecule has 0 spiro atoms. The Morgan fingerprint density at radius 3 is 2.94 bits per heavy atom. The van der Waals surface area contributed by atoms with Crippen molar-refractivity contribution in [2.24, 2.45) is 0 Å². The second-order valence-corrected chi connectivity index (χ2v) is 5.69. The van der Waals surface area contributed by atoms with Crippen LogP contribution in [-0.4, -0.2) is 29.6 Å². The van der Waals surface area contributed by atoms with Crippen molar-refractivity contribution in [3.05, 3.63) is 29.3 Å². The van der Waals surface area contributed by atoms with Crippen molar-refractivity contribution >= 4 is 17.0 Å². The highest BCUT2D eigenvalue weighted by Crippen LogP contribution is 2.45. The van der Waals surface area contributed by atoms with Gasteiger partial charge in [0.15, 0.2) is 0 Å². The van der Waals surface area contributed by atoms with E-state index in [1.807, 2.05) is 12.1 Å². The minimum absolute atomic E-state index is 0. The Kier molecular flexibility index (Phi) is 3.25. The number of halogens is 1. The van der Waals surface area contributed by atoms with Gasteiger partial charge in [-0.1, -0.05) is 13.0 Å². The van der Waals surface area contributed by atoms with Gasteiger partial charge in [0.1, 0.15) is 5.75 Å². The van der Waals surface area contributed by atoms with E-state index < -0.39 is 0 Å². The van der Waals surface area contributed by atoms with Crippen molar-refractivity contribution in [2.75, 3.05) is 13.6 Å². The van der Waals surface area contributed by atoms with Gasteiger partial charge in [0.2, 0.25) is 0 Å². The van der Waals surface area contributed by atoms with E-state index in [1.165, 1.54) is 30.5 Å². The molecule has 2 atom stereocenters. The van der Waals surface area contributed by atoms with Gasteiger partial charge in [0.05, 0.1) is 0 Å². The van der Waals surface area contributed by atoms with Crippen molar-refractivity contribution < 1.29 is 5.11 Å². The van der Waals surface area contributed by atoms with E-state index in [0.29, 0.717) is 11.8 Å². The van der Waals surface area contributed by atoms with Gasteiger partial charge in [0.25, 0.3) is 0 Å². The molecule has 0 amide bonds. The predicted octanol–water partition coefficient (Wildman–Crippen LogP) is 2.88. The molecule has 1 saturated heterocycles. The molecular formula is C14H20BrNO. The minimum Gasteiger partial charge on any atom is -0.508 e. The zero-order valence-electron chi connectivity index (χ0n) is 10.4. The van der Waals surface area contributed by atoms with Crippen molar-refractivity contribution in [1.29, 1.82) is 0 Å². The molecule has 1 aliphatic heterocycles. The Labute approximate surface area is 113 Å². The number of piperidine rings is 1. The number of benzene rings is 1. The van der Waals surface area contributed by atoms with Crippen LogP contribution >= 0.6 is 17.0 Å². The van der Waals surface area contributed by atoms with Crippen LogP contribution in [0, 0.1) is 0 Å². The van der Waals surface area contributed by atoms with Crippen LogP contribution < -0.4 is 0 Å². The van der Waals surface area contributed by atoms with Crippen LogP contribution in [0.3, 0.4) is 0 Å². The van der Waals surface area contributed by atoms with Crippen LogP contribution in [0.25, 0.3) is 0 Å². The molecule has 2 bridgehead atoms. The van der Waals surface area contributed by atoms with Gasteiger partial charge in [-0.15, -0.1) is 17.0 Å². The van der Waals surface area contributed by atoms with Gasteiger partial charge < -0.3 is 10.0 Å². The maximum absolute atomic E-state index is 9.64. The van der Waals surface area contributed by atoms with E-state index in [4.69, 9.17) is 0 Å². The molecule has 1 aromatic carbocycles. The zero-order chi connectivity index (χ0) is 11.3. The van der Waals surface area contributed by atoms with E-state index in [0.717, 1.165) is 6.42 Å². The lowest BCUT2D eigenvalue weighted by Crippen LogP contribution is -2.50. The topological polar surface area (TPSA) is 23.5 Å². The maximum Gasteiger partial charge on any atom is 0.115 e. The Morgan fingerprint density at radius 2 is 2.18 bits per heavy atom. The number of phenols is 1. The van der Waals surface area contributed by atoms with Gasteiger partial charge in [-0.05, 0) is 61.5 Å². The number of nitrogens with zero attached hydrogens (tertiary/aromatic N) is 1. The highest BCUT2D eigenvalue weighted by atomic mass is 79.9. The molecule has 17 heavy (non-hydrogen) atoms. The average Bonchev–Trinajstić information content (AvgIpc) is 2.26. The second-order valence-electron chi connectivity index (χ2n) is 5.69. The van der Waals surface area contributed by atoms with Crippen LogP contribution in [0.4, 0.5) is 0 Å². The van der Waals surface area contributed by atoms with Crippen molar-refractivity contribution in [1.82, 2.24) is 4.90 Å². The number of hydrogen-bond acceptors (Lipinski definition) is 2. The van der Waals surface area contributed by atoms with E-state index >= 15 is 0 Å². The summed E-state index contributed by atoms with van der Waals surface area (Å²) in [6.07, 6.45) is 3.58. The number of likely N-dealkylation sites (N-methyl/N-ethyl adjacent to an activating group) is 1. The van der Waals surface area contributed by atoms with Gasteiger partial charge in [0, 0.05) is 6.04 Å². The van der Waals surface area contributed by atoms with Crippen molar-refractivity contribution in [3.8, 4) is 5.75 Å². The van der Waals surface area contributed by atoms with E-state index in [2.05, 4.69) is 24.9 Å². The molecule has 2 aliphatic rings. The maximum atomic E-state index is 9.64. The van der Waals surface area contributed by atoms with Gasteiger partial charge in [-0.3, -0.25) is 0 Å². The Balaban J connectivity index is 0.00000108. The minimum atomic E-state index is 0. The molecule has 1 aromatic rings. The Bertz CT molecular complexity index is 434. The van der Waals surface area contributed by atoms with Crippen LogP contribution in [0.1, 0.15) is 30.9 Å². The Morgan fingerprint density at radius 1 is 1.41 bits per heavy atom. The standard InChI is InChI=1S/C14H19NO.BrH/c1-14-5-6-15(2)11(9-14)7-10-3-4-12(16)8-13(10)14;/h3-4,8,11,16H,5-7,9H2,1-2H3;1H. The lowest BCUT2D eigenvalue weighted by molar-refractivity contribution is 0.113. The van der Waals surface area contributed by atoms with E-state index in [1.54, 1.807) is 0 Å². The molecule has 0 aromatic heterocycles. The molecule has 1 fully saturated rings. The van der Waals surface area contributed by atoms with E-state index in [-0.39, 0.29) is 22.4 Å². The molecule has 3 heteroatoms. The summed E-state index contributed by atoms with van der Waals surface area (Å²) >= 11 is 0. The third-order valence-corrected chi connectivity index (χ3v) is 4.53. The lowest BCUT2D eigenvalue weighted by atomic mass is 9.65. The first-order chi connectivity index (χ1) is 7.58. The van der Waals surface area contributed by atoms with Crippen molar-refractivity contribution in [3.63, 3.8) is 0 Å². The summed E-state index contributed by atoms with van der Waals surface area (Å²) in [5.74, 6) is 0.414. The van der Waals surface area contributed by atoms with Crippen LogP contribution in [0.15, 0.2) is 18.2 Å². The summed E-state index contributed by atoms with van der Waals surface area (Å²) in [5.41, 5.74) is 3.10. The molecule has 0 saturated carbocycles. The van der Waals surface area contributed by atoms with Crippen molar-refractivity contribution in [2.45, 2.75) is 37.6 Å². The first-order valence-electron chi connectivity index (χ1n) is 6.11. The summed E-state index contributed by atoms with van der Waals surface area (Å²) in [7, 11) is 2.23. The van der Waals surface area contributed by atoms with Gasteiger partial charge >= 0.3 is 0 Å². The number of likely N-dealkylation sites (tertiary alicyclic amines) is 1. The molecule has 94 valence electrons. The third kappa shape index (κ3) is 2.00. The highest BCUT2D eigenvalue weighted by molar-refractivity contribution is 8.93. The summed E-state index contributed by atoms with van der Waals surface area (Å²) in [6, 6.07) is 6.60. The number of fused-ring (bicyclic) bond motifs is 4. The predicted molar refractivity (Wildman–Crippen MR) is 75.1 cm³/mol.